The Morgan fingerprint density at radius 3 is 2.43 bits per heavy atom. The van der Waals surface area contributed by atoms with Crippen molar-refractivity contribution in [1.82, 2.24) is 5.32 Å². The normalized spacial score (nSPS) is 15.8. The summed E-state index contributed by atoms with van der Waals surface area (Å²) in [5.74, 6) is -0.958. The van der Waals surface area contributed by atoms with Gasteiger partial charge in [-0.15, -0.1) is 0 Å². The van der Waals surface area contributed by atoms with E-state index in [0.717, 1.165) is 25.8 Å². The highest BCUT2D eigenvalue weighted by Crippen LogP contribution is 2.29. The number of amides is 2. The zero-order valence-corrected chi connectivity index (χ0v) is 19.4. The van der Waals surface area contributed by atoms with Crippen molar-refractivity contribution in [2.75, 3.05) is 23.9 Å². The van der Waals surface area contributed by atoms with Crippen LogP contribution in [0, 0.1) is 6.92 Å². The average Bonchev–Trinajstić information content (AvgIpc) is 2.60. The van der Waals surface area contributed by atoms with Crippen molar-refractivity contribution in [2.24, 2.45) is 0 Å². The highest BCUT2D eigenvalue weighted by molar-refractivity contribution is 9.10. The molecule has 8 heteroatoms. The van der Waals surface area contributed by atoms with E-state index < -0.39 is 11.8 Å². The van der Waals surface area contributed by atoms with E-state index in [1.165, 1.54) is 4.90 Å². The summed E-state index contributed by atoms with van der Waals surface area (Å²) in [6, 6.07) is 11.2. The van der Waals surface area contributed by atoms with Crippen molar-refractivity contribution in [1.29, 1.82) is 0 Å². The number of anilines is 2. The lowest BCUT2D eigenvalue weighted by molar-refractivity contribution is -0.122. The standard InChI is InChI=1S/C20H17Br2N3O2S/c1-11-8-13(21)5-7-16(11)25-19(27)14(18(26)23-20(25)28)9-12-4-6-17(24(2)3)15(22)10-12/h4-10H,1-3H3,(H,23,26,28)/b14-9+. The highest BCUT2D eigenvalue weighted by atomic mass is 79.9. The molecule has 2 aromatic carbocycles. The lowest BCUT2D eigenvalue weighted by Crippen LogP contribution is -2.54. The van der Waals surface area contributed by atoms with Crippen LogP contribution in [0.1, 0.15) is 11.1 Å². The number of hydrogen-bond acceptors (Lipinski definition) is 4. The molecule has 5 nitrogen and oxygen atoms in total. The van der Waals surface area contributed by atoms with Gasteiger partial charge in [0.1, 0.15) is 5.57 Å². The minimum Gasteiger partial charge on any atom is -0.377 e. The van der Waals surface area contributed by atoms with Crippen LogP contribution in [-0.2, 0) is 9.59 Å². The number of halogens is 2. The predicted octanol–water partition coefficient (Wildman–Crippen LogP) is 4.42. The van der Waals surface area contributed by atoms with Crippen molar-refractivity contribution >= 4 is 78.5 Å². The summed E-state index contributed by atoms with van der Waals surface area (Å²) in [7, 11) is 3.88. The van der Waals surface area contributed by atoms with E-state index in [1.54, 1.807) is 12.1 Å². The van der Waals surface area contributed by atoms with Crippen LogP contribution in [0.2, 0.25) is 0 Å². The molecule has 0 atom stereocenters. The van der Waals surface area contributed by atoms with Crippen LogP contribution in [0.3, 0.4) is 0 Å². The largest absolute Gasteiger partial charge is 0.377 e. The summed E-state index contributed by atoms with van der Waals surface area (Å²) in [6.07, 6.45) is 1.57. The second-order valence-electron chi connectivity index (χ2n) is 6.49. The van der Waals surface area contributed by atoms with Crippen LogP contribution < -0.4 is 15.1 Å². The first-order chi connectivity index (χ1) is 13.2. The van der Waals surface area contributed by atoms with Gasteiger partial charge in [0, 0.05) is 23.0 Å². The van der Waals surface area contributed by atoms with Gasteiger partial charge in [0.2, 0.25) is 0 Å². The Morgan fingerprint density at radius 1 is 1.11 bits per heavy atom. The molecular formula is C20H17Br2N3O2S. The van der Waals surface area contributed by atoms with Crippen molar-refractivity contribution in [3.05, 3.63) is 62.0 Å². The Balaban J connectivity index is 2.02. The molecule has 0 aromatic heterocycles. The van der Waals surface area contributed by atoms with Gasteiger partial charge >= 0.3 is 0 Å². The average molecular weight is 523 g/mol. The summed E-state index contributed by atoms with van der Waals surface area (Å²) in [6.45, 7) is 1.88. The van der Waals surface area contributed by atoms with Crippen LogP contribution in [-0.4, -0.2) is 31.0 Å². The van der Waals surface area contributed by atoms with Crippen molar-refractivity contribution in [3.63, 3.8) is 0 Å². The maximum Gasteiger partial charge on any atom is 0.270 e. The van der Waals surface area contributed by atoms with Gasteiger partial charge in [-0.3, -0.25) is 19.8 Å². The molecule has 0 bridgehead atoms. The van der Waals surface area contributed by atoms with Crippen LogP contribution in [0.4, 0.5) is 11.4 Å². The van der Waals surface area contributed by atoms with Crippen LogP contribution in [0.5, 0.6) is 0 Å². The number of rotatable bonds is 3. The molecule has 1 heterocycles. The zero-order valence-electron chi connectivity index (χ0n) is 15.4. The Bertz CT molecular complexity index is 1030. The molecule has 1 aliphatic heterocycles. The van der Waals surface area contributed by atoms with Gasteiger partial charge in [-0.2, -0.15) is 0 Å². The van der Waals surface area contributed by atoms with Crippen LogP contribution in [0.15, 0.2) is 50.9 Å². The molecule has 2 amide bonds. The molecule has 0 radical (unpaired) electrons. The molecule has 0 spiro atoms. The fourth-order valence-electron chi connectivity index (χ4n) is 2.89. The third-order valence-electron chi connectivity index (χ3n) is 4.27. The van der Waals surface area contributed by atoms with E-state index in [4.69, 9.17) is 12.2 Å². The Morgan fingerprint density at radius 2 is 1.82 bits per heavy atom. The Hall–Kier alpha value is -2.03. The van der Waals surface area contributed by atoms with Gasteiger partial charge in [-0.1, -0.05) is 22.0 Å². The molecule has 0 saturated carbocycles. The highest BCUT2D eigenvalue weighted by Gasteiger charge is 2.35. The summed E-state index contributed by atoms with van der Waals surface area (Å²) in [5, 5.41) is 2.68. The summed E-state index contributed by atoms with van der Waals surface area (Å²) < 4.78 is 1.77. The fraction of sp³-hybridized carbons (Fsp3) is 0.150. The number of carbonyl (C=O) groups is 2. The maximum absolute atomic E-state index is 13.1. The topological polar surface area (TPSA) is 52.7 Å². The van der Waals surface area contributed by atoms with E-state index in [2.05, 4.69) is 37.2 Å². The van der Waals surface area contributed by atoms with Crippen molar-refractivity contribution < 1.29 is 9.59 Å². The first kappa shape index (κ1) is 20.7. The third-order valence-corrected chi connectivity index (χ3v) is 5.68. The van der Waals surface area contributed by atoms with Gasteiger partial charge in [0.05, 0.1) is 11.4 Å². The molecule has 0 aliphatic carbocycles. The minimum atomic E-state index is -0.506. The number of nitrogens with one attached hydrogen (secondary N) is 1. The Labute approximate surface area is 185 Å². The number of nitrogens with zero attached hydrogens (tertiary/aromatic N) is 2. The third kappa shape index (κ3) is 4.04. The lowest BCUT2D eigenvalue weighted by Gasteiger charge is -2.30. The van der Waals surface area contributed by atoms with Crippen LogP contribution >= 0.6 is 44.1 Å². The molecule has 0 unspecified atom stereocenters. The van der Waals surface area contributed by atoms with Crippen LogP contribution in [0.25, 0.3) is 6.08 Å². The van der Waals surface area contributed by atoms with Gasteiger partial charge in [-0.05, 0) is 82.6 Å². The molecule has 144 valence electrons. The zero-order chi connectivity index (χ0) is 20.6. The second-order valence-corrected chi connectivity index (χ2v) is 8.65. The molecular weight excluding hydrogens is 506 g/mol. The first-order valence-electron chi connectivity index (χ1n) is 8.33. The maximum atomic E-state index is 13.1. The molecule has 1 saturated heterocycles. The number of hydrogen-bond donors (Lipinski definition) is 1. The molecule has 28 heavy (non-hydrogen) atoms. The summed E-state index contributed by atoms with van der Waals surface area (Å²) >= 11 is 12.2. The number of aryl methyl sites for hydroxylation is 1. The van der Waals surface area contributed by atoms with E-state index in [0.29, 0.717) is 5.69 Å². The smallest absolute Gasteiger partial charge is 0.270 e. The summed E-state index contributed by atoms with van der Waals surface area (Å²) in [4.78, 5) is 28.9. The van der Waals surface area contributed by atoms with Crippen molar-refractivity contribution in [2.45, 2.75) is 6.92 Å². The van der Waals surface area contributed by atoms with E-state index >= 15 is 0 Å². The fourth-order valence-corrected chi connectivity index (χ4v) is 4.39. The quantitative estimate of drug-likeness (QED) is 0.368. The monoisotopic (exact) mass is 521 g/mol. The van der Waals surface area contributed by atoms with Gasteiger partial charge < -0.3 is 4.90 Å². The lowest BCUT2D eigenvalue weighted by atomic mass is 10.1. The molecule has 2 aromatic rings. The SMILES string of the molecule is Cc1cc(Br)ccc1N1C(=O)/C(=C/c2ccc(N(C)C)c(Br)c2)C(=O)NC1=S. The first-order valence-corrected chi connectivity index (χ1v) is 10.3. The number of benzene rings is 2. The van der Waals surface area contributed by atoms with E-state index in [-0.39, 0.29) is 10.7 Å². The Kier molecular flexibility index (Phi) is 6.02. The molecule has 1 N–H and O–H groups in total. The van der Waals surface area contributed by atoms with Gasteiger partial charge in [0.25, 0.3) is 11.8 Å². The summed E-state index contributed by atoms with van der Waals surface area (Å²) in [5.41, 5.74) is 3.25. The van der Waals surface area contributed by atoms with E-state index in [1.807, 2.05) is 56.3 Å². The molecule has 1 aliphatic rings. The van der Waals surface area contributed by atoms with Crippen molar-refractivity contribution in [3.8, 4) is 0 Å². The number of carbonyl (C=O) groups excluding carboxylic acids is 2. The minimum absolute atomic E-state index is 0.0282. The predicted molar refractivity (Wildman–Crippen MR) is 124 cm³/mol. The van der Waals surface area contributed by atoms with Gasteiger partial charge in [0.15, 0.2) is 5.11 Å². The van der Waals surface area contributed by atoms with Gasteiger partial charge in [-0.25, -0.2) is 0 Å². The molecule has 3 rings (SSSR count). The number of thiocarbonyl (C=S) groups is 1. The second kappa shape index (κ2) is 8.14. The van der Waals surface area contributed by atoms with E-state index in [9.17, 15) is 9.59 Å². The molecule has 1 fully saturated rings.